The maximum absolute atomic E-state index is 12.4. The number of hydrogen-bond acceptors (Lipinski definition) is 2. The van der Waals surface area contributed by atoms with Crippen LogP contribution in [0.15, 0.2) is 12.7 Å². The van der Waals surface area contributed by atoms with Crippen molar-refractivity contribution < 1.29 is 8.42 Å². The van der Waals surface area contributed by atoms with Crippen LogP contribution in [0.3, 0.4) is 0 Å². The summed E-state index contributed by atoms with van der Waals surface area (Å²) in [4.78, 5) is 0. The first kappa shape index (κ1) is 12.1. The first-order valence-corrected chi connectivity index (χ1v) is 7.78. The van der Waals surface area contributed by atoms with E-state index in [4.69, 9.17) is 0 Å². The van der Waals surface area contributed by atoms with Crippen molar-refractivity contribution in [3.63, 3.8) is 0 Å². The maximum Gasteiger partial charge on any atom is 0.220 e. The second-order valence-electron chi connectivity index (χ2n) is 4.90. The van der Waals surface area contributed by atoms with Crippen LogP contribution in [0, 0.1) is 5.92 Å². The zero-order valence-electron chi connectivity index (χ0n) is 9.77. The average molecular weight is 243 g/mol. The highest BCUT2D eigenvalue weighted by Crippen LogP contribution is 2.33. The summed E-state index contributed by atoms with van der Waals surface area (Å²) < 4.78 is 26.5. The predicted octanol–water partition coefficient (Wildman–Crippen LogP) is 2.16. The summed E-state index contributed by atoms with van der Waals surface area (Å²) in [7, 11) is -3.12. The van der Waals surface area contributed by atoms with Gasteiger partial charge >= 0.3 is 0 Å². The Morgan fingerprint density at radius 1 is 1.12 bits per heavy atom. The topological polar surface area (TPSA) is 37.4 Å². The molecule has 0 bridgehead atoms. The van der Waals surface area contributed by atoms with Crippen LogP contribution in [-0.2, 0) is 10.0 Å². The van der Waals surface area contributed by atoms with Crippen molar-refractivity contribution in [3.05, 3.63) is 12.7 Å². The van der Waals surface area contributed by atoms with E-state index < -0.39 is 10.0 Å². The molecule has 0 N–H and O–H groups in total. The summed E-state index contributed by atoms with van der Waals surface area (Å²) >= 11 is 0. The molecule has 92 valence electrons. The van der Waals surface area contributed by atoms with E-state index in [1.54, 1.807) is 10.4 Å². The van der Waals surface area contributed by atoms with Crippen molar-refractivity contribution in [1.29, 1.82) is 0 Å². The molecule has 0 aromatic carbocycles. The minimum atomic E-state index is -3.12. The monoisotopic (exact) mass is 243 g/mol. The van der Waals surface area contributed by atoms with E-state index in [-0.39, 0.29) is 5.25 Å². The lowest BCUT2D eigenvalue weighted by atomic mass is 10.0. The van der Waals surface area contributed by atoms with Crippen molar-refractivity contribution in [3.8, 4) is 0 Å². The smallest absolute Gasteiger partial charge is 0.212 e. The third kappa shape index (κ3) is 2.18. The quantitative estimate of drug-likeness (QED) is 0.710. The number of hydrogen-bond donors (Lipinski definition) is 0. The Hall–Kier alpha value is -0.350. The van der Waals surface area contributed by atoms with Crippen LogP contribution in [0.25, 0.3) is 0 Å². The number of sulfonamides is 1. The Kier molecular flexibility index (Phi) is 3.70. The lowest BCUT2D eigenvalue weighted by molar-refractivity contribution is 0.445. The summed E-state index contributed by atoms with van der Waals surface area (Å²) in [5.74, 6) is 0.308. The van der Waals surface area contributed by atoms with E-state index in [9.17, 15) is 8.42 Å². The molecule has 0 radical (unpaired) electrons. The normalized spacial score (nSPS) is 26.0. The van der Waals surface area contributed by atoms with Gasteiger partial charge in [0.1, 0.15) is 0 Å². The molecule has 1 atom stereocenters. The highest BCUT2D eigenvalue weighted by atomic mass is 32.2. The molecule has 2 rings (SSSR count). The molecule has 1 aliphatic carbocycles. The third-order valence-corrected chi connectivity index (χ3v) is 6.22. The molecule has 0 aromatic rings. The molecular formula is C12H21NO2S. The molecule has 2 aliphatic rings. The van der Waals surface area contributed by atoms with Gasteiger partial charge in [0, 0.05) is 13.1 Å². The summed E-state index contributed by atoms with van der Waals surface area (Å²) in [6.07, 6.45) is 8.10. The van der Waals surface area contributed by atoms with Gasteiger partial charge in [-0.1, -0.05) is 18.9 Å². The van der Waals surface area contributed by atoms with Crippen molar-refractivity contribution in [2.45, 2.75) is 43.8 Å². The van der Waals surface area contributed by atoms with E-state index in [1.807, 2.05) is 0 Å². The summed E-state index contributed by atoms with van der Waals surface area (Å²) in [5.41, 5.74) is 0. The predicted molar refractivity (Wildman–Crippen MR) is 65.7 cm³/mol. The first-order chi connectivity index (χ1) is 7.66. The largest absolute Gasteiger partial charge is 0.220 e. The third-order valence-electron chi connectivity index (χ3n) is 3.87. The average Bonchev–Trinajstić information content (AvgIpc) is 2.91. The van der Waals surface area contributed by atoms with Gasteiger partial charge in [-0.2, -0.15) is 0 Å². The van der Waals surface area contributed by atoms with Gasteiger partial charge in [0.25, 0.3) is 0 Å². The molecular weight excluding hydrogens is 222 g/mol. The van der Waals surface area contributed by atoms with Gasteiger partial charge < -0.3 is 0 Å². The Bertz CT molecular complexity index is 338. The summed E-state index contributed by atoms with van der Waals surface area (Å²) in [6.45, 7) is 5.15. The Balaban J connectivity index is 2.15. The fraction of sp³-hybridized carbons (Fsp3) is 0.833. The van der Waals surface area contributed by atoms with Crippen LogP contribution in [0.1, 0.15) is 38.5 Å². The van der Waals surface area contributed by atoms with Gasteiger partial charge in [-0.25, -0.2) is 12.7 Å². The van der Waals surface area contributed by atoms with Gasteiger partial charge in [-0.05, 0) is 31.6 Å². The van der Waals surface area contributed by atoms with Crippen molar-refractivity contribution in [2.24, 2.45) is 5.92 Å². The molecule has 1 unspecified atom stereocenters. The highest BCUT2D eigenvalue weighted by Gasteiger charge is 2.37. The van der Waals surface area contributed by atoms with E-state index in [2.05, 4.69) is 6.58 Å². The van der Waals surface area contributed by atoms with Crippen molar-refractivity contribution in [1.82, 2.24) is 4.31 Å². The van der Waals surface area contributed by atoms with Crippen LogP contribution >= 0.6 is 0 Å². The van der Waals surface area contributed by atoms with Gasteiger partial charge in [0.2, 0.25) is 10.0 Å². The van der Waals surface area contributed by atoms with E-state index >= 15 is 0 Å². The molecule has 2 fully saturated rings. The fourth-order valence-corrected chi connectivity index (χ4v) is 5.07. The maximum atomic E-state index is 12.4. The minimum absolute atomic E-state index is 0.308. The Labute approximate surface area is 98.6 Å². The highest BCUT2D eigenvalue weighted by molar-refractivity contribution is 7.89. The molecule has 3 nitrogen and oxygen atoms in total. The van der Waals surface area contributed by atoms with Crippen LogP contribution in [0.5, 0.6) is 0 Å². The first-order valence-electron chi connectivity index (χ1n) is 6.28. The van der Waals surface area contributed by atoms with E-state index in [0.29, 0.717) is 19.0 Å². The Morgan fingerprint density at radius 3 is 2.19 bits per heavy atom. The lowest BCUT2D eigenvalue weighted by Gasteiger charge is -2.25. The molecule has 0 spiro atoms. The van der Waals surface area contributed by atoms with Gasteiger partial charge in [-0.15, -0.1) is 6.58 Å². The molecule has 1 saturated heterocycles. The Morgan fingerprint density at radius 2 is 1.69 bits per heavy atom. The minimum Gasteiger partial charge on any atom is -0.212 e. The fourth-order valence-electron chi connectivity index (χ4n) is 2.96. The zero-order chi connectivity index (χ0) is 11.6. The number of rotatable bonds is 4. The van der Waals surface area contributed by atoms with Gasteiger partial charge in [-0.3, -0.25) is 0 Å². The second kappa shape index (κ2) is 4.88. The standard InChI is InChI=1S/C12H21NO2S/c1-2-12(11-7-3-4-8-11)16(14,15)13-9-5-6-10-13/h2,11-12H,1,3-10H2. The SMILES string of the molecule is C=CC(C1CCCC1)S(=O)(=O)N1CCCC1. The molecule has 16 heavy (non-hydrogen) atoms. The van der Waals surface area contributed by atoms with E-state index in [1.165, 1.54) is 12.8 Å². The van der Waals surface area contributed by atoms with E-state index in [0.717, 1.165) is 25.7 Å². The molecule has 4 heteroatoms. The zero-order valence-corrected chi connectivity index (χ0v) is 10.6. The second-order valence-corrected chi connectivity index (χ2v) is 6.99. The van der Waals surface area contributed by atoms with Gasteiger partial charge in [0.05, 0.1) is 5.25 Å². The lowest BCUT2D eigenvalue weighted by Crippen LogP contribution is -2.39. The summed E-state index contributed by atoms with van der Waals surface area (Å²) in [5, 5.41) is -0.340. The van der Waals surface area contributed by atoms with Crippen molar-refractivity contribution >= 4 is 10.0 Å². The van der Waals surface area contributed by atoms with Gasteiger partial charge in [0.15, 0.2) is 0 Å². The summed E-state index contributed by atoms with van der Waals surface area (Å²) in [6, 6.07) is 0. The van der Waals surface area contributed by atoms with Crippen LogP contribution in [0.4, 0.5) is 0 Å². The van der Waals surface area contributed by atoms with Crippen LogP contribution in [-0.4, -0.2) is 31.1 Å². The molecule has 1 saturated carbocycles. The van der Waals surface area contributed by atoms with Crippen molar-refractivity contribution in [2.75, 3.05) is 13.1 Å². The van der Waals surface area contributed by atoms with Crippen LogP contribution < -0.4 is 0 Å². The molecule has 0 aromatic heterocycles. The molecule has 1 heterocycles. The molecule has 1 aliphatic heterocycles. The number of nitrogens with zero attached hydrogens (tertiary/aromatic N) is 1. The molecule has 0 amide bonds. The van der Waals surface area contributed by atoms with Crippen LogP contribution in [0.2, 0.25) is 0 Å².